The van der Waals surface area contributed by atoms with E-state index in [-0.39, 0.29) is 7.43 Å². The second-order valence-electron chi connectivity index (χ2n) is 5.30. The molecule has 156 valence electrons. The Balaban J connectivity index is -0.000000380. The number of aryl methyl sites for hydroxylation is 2. The molecule has 0 aromatic heterocycles. The third kappa shape index (κ3) is 15.9. The molecule has 0 N–H and O–H groups in total. The topological polar surface area (TPSA) is 0 Å². The summed E-state index contributed by atoms with van der Waals surface area (Å²) < 4.78 is 0. The maximum absolute atomic E-state index is 2.20. The Morgan fingerprint density at radius 1 is 0.429 bits per heavy atom. The van der Waals surface area contributed by atoms with Gasteiger partial charge in [0, 0.05) is 0 Å². The van der Waals surface area contributed by atoms with Crippen LogP contribution in [-0.4, -0.2) is 0 Å². The van der Waals surface area contributed by atoms with E-state index in [9.17, 15) is 0 Å². The molecule has 0 aliphatic carbocycles. The van der Waals surface area contributed by atoms with E-state index in [4.69, 9.17) is 0 Å². The lowest BCUT2D eigenvalue weighted by Crippen LogP contribution is -1.86. The summed E-state index contributed by atoms with van der Waals surface area (Å²) in [7, 11) is 0. The van der Waals surface area contributed by atoms with Crippen LogP contribution >= 0.6 is 0 Å². The van der Waals surface area contributed by atoms with Crippen LogP contribution in [0.1, 0.15) is 71.2 Å². The second-order valence-corrected chi connectivity index (χ2v) is 5.30. The first-order valence-electron chi connectivity index (χ1n) is 10.3. The van der Waals surface area contributed by atoms with Gasteiger partial charge < -0.3 is 0 Å². The molecule has 0 fully saturated rings. The van der Waals surface area contributed by atoms with Crippen LogP contribution in [0.5, 0.6) is 0 Å². The molecule has 0 spiro atoms. The van der Waals surface area contributed by atoms with Gasteiger partial charge in [-0.15, -0.1) is 0 Å². The quantitative estimate of drug-likeness (QED) is 0.415. The maximum atomic E-state index is 2.20. The minimum absolute atomic E-state index is 0. The van der Waals surface area contributed by atoms with Crippen LogP contribution in [0.15, 0.2) is 84.9 Å². The molecule has 0 nitrogen and oxygen atoms in total. The zero-order valence-corrected chi connectivity index (χ0v) is 18.8. The van der Waals surface area contributed by atoms with Gasteiger partial charge in [-0.3, -0.25) is 0 Å². The predicted molar refractivity (Wildman–Crippen MR) is 132 cm³/mol. The van der Waals surface area contributed by atoms with Gasteiger partial charge in [-0.1, -0.05) is 145 Å². The number of hydrogen-bond donors (Lipinski definition) is 0. The summed E-state index contributed by atoms with van der Waals surface area (Å²) in [5.41, 5.74) is 5.39. The molecule has 0 aliphatic heterocycles. The molecule has 0 radical (unpaired) electrons. The fourth-order valence-electron chi connectivity index (χ4n) is 2.07. The monoisotopic (exact) mass is 380 g/mol. The van der Waals surface area contributed by atoms with Crippen LogP contribution < -0.4 is 0 Å². The highest BCUT2D eigenvalue weighted by Gasteiger charge is 1.94. The van der Waals surface area contributed by atoms with Crippen molar-refractivity contribution in [2.75, 3.05) is 0 Å². The summed E-state index contributed by atoms with van der Waals surface area (Å²) in [5.74, 6) is 0. The van der Waals surface area contributed by atoms with Crippen LogP contribution in [0.3, 0.4) is 0 Å². The van der Waals surface area contributed by atoms with Gasteiger partial charge in [0.05, 0.1) is 0 Å². The highest BCUT2D eigenvalue weighted by atomic mass is 14.0. The molecule has 0 bridgehead atoms. The Kier molecular flexibility index (Phi) is 24.6. The van der Waals surface area contributed by atoms with Crippen molar-refractivity contribution < 1.29 is 0 Å². The van der Waals surface area contributed by atoms with Gasteiger partial charge in [0.2, 0.25) is 0 Å². The van der Waals surface area contributed by atoms with Crippen LogP contribution in [0, 0.1) is 13.8 Å². The van der Waals surface area contributed by atoms with Gasteiger partial charge in [0.25, 0.3) is 0 Å². The zero-order chi connectivity index (χ0) is 20.9. The molecule has 3 aromatic rings. The normalized spacial score (nSPS) is 7.86. The smallest absolute Gasteiger partial charge is 0.00258 e. The summed E-state index contributed by atoms with van der Waals surface area (Å²) in [6, 6.07) is 29.5. The molecule has 28 heavy (non-hydrogen) atoms. The summed E-state index contributed by atoms with van der Waals surface area (Å²) in [6.07, 6.45) is 1.03. The molecule has 0 aliphatic rings. The van der Waals surface area contributed by atoms with Crippen molar-refractivity contribution in [3.8, 4) is 0 Å². The lowest BCUT2D eigenvalue weighted by molar-refractivity contribution is 1.19. The lowest BCUT2D eigenvalue weighted by atomic mass is 10.0. The van der Waals surface area contributed by atoms with Crippen LogP contribution in [0.2, 0.25) is 0 Å². The van der Waals surface area contributed by atoms with E-state index < -0.39 is 0 Å². The number of benzene rings is 3. The number of hydrogen-bond acceptors (Lipinski definition) is 0. The molecular weight excluding hydrogens is 336 g/mol. The van der Waals surface area contributed by atoms with Gasteiger partial charge in [-0.05, 0) is 31.4 Å². The predicted octanol–water partition coefficient (Wildman–Crippen LogP) is 9.30. The van der Waals surface area contributed by atoms with Crippen molar-refractivity contribution in [2.24, 2.45) is 0 Å². The summed E-state index contributed by atoms with van der Waals surface area (Å²) in [4.78, 5) is 0. The van der Waals surface area contributed by atoms with Gasteiger partial charge in [-0.2, -0.15) is 0 Å². The summed E-state index contributed by atoms with van der Waals surface area (Å²) >= 11 is 0. The van der Waals surface area contributed by atoms with E-state index in [0.29, 0.717) is 0 Å². The Morgan fingerprint density at radius 3 is 1.11 bits per heavy atom. The fourth-order valence-corrected chi connectivity index (χ4v) is 2.07. The Hall–Kier alpha value is -2.34. The van der Waals surface area contributed by atoms with E-state index in [1.165, 1.54) is 22.3 Å². The van der Waals surface area contributed by atoms with Crippen LogP contribution in [0.25, 0.3) is 0 Å². The number of rotatable bonds is 2. The molecule has 0 unspecified atom stereocenters. The second kappa shape index (κ2) is 22.7. The van der Waals surface area contributed by atoms with Gasteiger partial charge in [0.1, 0.15) is 0 Å². The molecule has 0 saturated carbocycles. The van der Waals surface area contributed by atoms with Crippen molar-refractivity contribution in [2.45, 2.75) is 69.2 Å². The largest absolute Gasteiger partial charge is 0.0776 e. The van der Waals surface area contributed by atoms with Gasteiger partial charge in [-0.25, -0.2) is 0 Å². The molecule has 3 aromatic carbocycles. The van der Waals surface area contributed by atoms with Gasteiger partial charge in [0.15, 0.2) is 0 Å². The first-order valence-corrected chi connectivity index (χ1v) is 10.3. The van der Waals surface area contributed by atoms with E-state index in [1.54, 1.807) is 0 Å². The highest BCUT2D eigenvalue weighted by Crippen LogP contribution is 2.09. The minimum Gasteiger partial charge on any atom is -0.0776 e. The highest BCUT2D eigenvalue weighted by molar-refractivity contribution is 5.28. The van der Waals surface area contributed by atoms with Crippen molar-refractivity contribution in [1.29, 1.82) is 0 Å². The molecule has 0 atom stereocenters. The standard InChI is InChI=1S/C14H14.C7H8.3C2H6.CH4/c1-12-7-9-14(10-8-12)11-13-5-3-2-4-6-13;1-7-5-3-2-4-6-7;3*1-2;/h2-10H,11H2,1H3;2-6H,1H3;3*1-2H3;1H4. The molecule has 0 heteroatoms. The first kappa shape index (κ1) is 30.4. The molecule has 0 saturated heterocycles. The Bertz CT molecular complexity index is 622. The lowest BCUT2D eigenvalue weighted by Gasteiger charge is -2.01. The van der Waals surface area contributed by atoms with Crippen LogP contribution in [0.4, 0.5) is 0 Å². The summed E-state index contributed by atoms with van der Waals surface area (Å²) in [6.45, 7) is 16.2. The maximum Gasteiger partial charge on any atom is -0.00258 e. The third-order valence-corrected chi connectivity index (χ3v) is 3.31. The van der Waals surface area contributed by atoms with Crippen molar-refractivity contribution in [3.05, 3.63) is 107 Å². The average molecular weight is 381 g/mol. The van der Waals surface area contributed by atoms with E-state index in [1.807, 2.05) is 59.7 Å². The van der Waals surface area contributed by atoms with Gasteiger partial charge >= 0.3 is 0 Å². The van der Waals surface area contributed by atoms with E-state index in [0.717, 1.165) is 6.42 Å². The third-order valence-electron chi connectivity index (χ3n) is 3.31. The molecule has 0 amide bonds. The Morgan fingerprint density at radius 2 is 0.750 bits per heavy atom. The van der Waals surface area contributed by atoms with Crippen molar-refractivity contribution in [3.63, 3.8) is 0 Å². The van der Waals surface area contributed by atoms with Crippen molar-refractivity contribution in [1.82, 2.24) is 0 Å². The first-order chi connectivity index (χ1) is 13.2. The molecule has 3 rings (SSSR count). The SMILES string of the molecule is C.CC.CC.CC.Cc1ccc(Cc2ccccc2)cc1.Cc1ccccc1. The summed E-state index contributed by atoms with van der Waals surface area (Å²) in [5, 5.41) is 0. The van der Waals surface area contributed by atoms with E-state index in [2.05, 4.69) is 80.6 Å². The molecular formula is C28H44. The van der Waals surface area contributed by atoms with Crippen molar-refractivity contribution >= 4 is 0 Å². The van der Waals surface area contributed by atoms with E-state index >= 15 is 0 Å². The minimum atomic E-state index is 0. The Labute approximate surface area is 176 Å². The fraction of sp³-hybridized carbons (Fsp3) is 0.357. The average Bonchev–Trinajstić information content (AvgIpc) is 2.76. The zero-order valence-electron chi connectivity index (χ0n) is 18.8. The molecule has 0 heterocycles. The van der Waals surface area contributed by atoms with Crippen LogP contribution in [-0.2, 0) is 6.42 Å².